The summed E-state index contributed by atoms with van der Waals surface area (Å²) in [5.74, 6) is -1.84. The van der Waals surface area contributed by atoms with E-state index in [1.54, 1.807) is 18.2 Å². The van der Waals surface area contributed by atoms with Crippen LogP contribution in [0.5, 0.6) is 5.75 Å². The molecule has 1 N–H and O–H groups in total. The van der Waals surface area contributed by atoms with Gasteiger partial charge >= 0.3 is 0 Å². The maximum atomic E-state index is 14.4. The van der Waals surface area contributed by atoms with Gasteiger partial charge in [0.05, 0.1) is 12.1 Å². The Kier molecular flexibility index (Phi) is 8.42. The molecule has 0 aliphatic heterocycles. The molecule has 0 fully saturated rings. The van der Waals surface area contributed by atoms with Crippen LogP contribution in [0.15, 0.2) is 54.3 Å². The molecule has 0 saturated heterocycles. The molecule has 2 unspecified atom stereocenters. The summed E-state index contributed by atoms with van der Waals surface area (Å²) in [6, 6.07) is 3.11. The highest BCUT2D eigenvalue weighted by atomic mass is 19.3. The molecular formula is C29H37F3N2O. The molecule has 190 valence electrons. The Morgan fingerprint density at radius 2 is 2.00 bits per heavy atom. The van der Waals surface area contributed by atoms with Crippen LogP contribution in [0.25, 0.3) is 10.9 Å². The van der Waals surface area contributed by atoms with Gasteiger partial charge in [-0.05, 0) is 82.0 Å². The predicted octanol–water partition coefficient (Wildman–Crippen LogP) is 7.22. The van der Waals surface area contributed by atoms with E-state index in [-0.39, 0.29) is 17.3 Å². The summed E-state index contributed by atoms with van der Waals surface area (Å²) in [5.41, 5.74) is 2.12. The normalized spacial score (nSPS) is 20.4. The van der Waals surface area contributed by atoms with Gasteiger partial charge in [-0.1, -0.05) is 30.4 Å². The van der Waals surface area contributed by atoms with Gasteiger partial charge in [-0.2, -0.15) is 0 Å². The quantitative estimate of drug-likeness (QED) is 0.268. The lowest BCUT2D eigenvalue weighted by Crippen LogP contribution is -2.22. The van der Waals surface area contributed by atoms with Crippen LogP contribution in [0.4, 0.5) is 13.2 Å². The van der Waals surface area contributed by atoms with Gasteiger partial charge in [0.2, 0.25) is 0 Å². The largest absolute Gasteiger partial charge is 0.492 e. The summed E-state index contributed by atoms with van der Waals surface area (Å²) in [6.07, 6.45) is 17.2. The van der Waals surface area contributed by atoms with E-state index in [0.717, 1.165) is 81.5 Å². The first-order valence-electron chi connectivity index (χ1n) is 12.9. The van der Waals surface area contributed by atoms with Crippen LogP contribution < -0.4 is 10.1 Å². The minimum absolute atomic E-state index is 0.116. The van der Waals surface area contributed by atoms with Crippen LogP contribution in [0.2, 0.25) is 0 Å². The topological polar surface area (TPSA) is 26.2 Å². The lowest BCUT2D eigenvalue weighted by molar-refractivity contribution is 0.0662. The zero-order valence-corrected chi connectivity index (χ0v) is 20.8. The lowest BCUT2D eigenvalue weighted by Gasteiger charge is -2.20. The summed E-state index contributed by atoms with van der Waals surface area (Å²) < 4.78 is 50.0. The fourth-order valence-electron chi connectivity index (χ4n) is 5.10. The van der Waals surface area contributed by atoms with Crippen molar-refractivity contribution in [3.8, 4) is 5.75 Å². The van der Waals surface area contributed by atoms with Crippen LogP contribution in [0, 0.1) is 17.7 Å². The Labute approximate surface area is 206 Å². The first kappa shape index (κ1) is 25.6. The molecule has 0 spiro atoms. The van der Waals surface area contributed by atoms with Crippen molar-refractivity contribution in [1.29, 1.82) is 0 Å². The second-order valence-corrected chi connectivity index (χ2v) is 9.90. The molecule has 0 saturated carbocycles. The number of aromatic nitrogens is 1. The van der Waals surface area contributed by atoms with Crippen LogP contribution in [-0.2, 0) is 13.0 Å². The Hall–Kier alpha value is -2.47. The number of rotatable bonds is 11. The number of fused-ring (bicyclic) bond motifs is 1. The van der Waals surface area contributed by atoms with Gasteiger partial charge in [0.1, 0.15) is 11.6 Å². The average molecular weight is 487 g/mol. The van der Waals surface area contributed by atoms with Crippen molar-refractivity contribution in [2.75, 3.05) is 19.7 Å². The fraction of sp³-hybridized carbons (Fsp3) is 0.517. The molecule has 2 aliphatic rings. The number of benzene rings is 1. The fourth-order valence-corrected chi connectivity index (χ4v) is 5.10. The van der Waals surface area contributed by atoms with Crippen molar-refractivity contribution in [1.82, 2.24) is 9.88 Å². The minimum Gasteiger partial charge on any atom is -0.492 e. The molecule has 3 nitrogen and oxygen atoms in total. The highest BCUT2D eigenvalue weighted by Gasteiger charge is 2.27. The van der Waals surface area contributed by atoms with Crippen LogP contribution in [-0.4, -0.2) is 30.2 Å². The first-order valence-corrected chi connectivity index (χ1v) is 12.9. The molecule has 2 atom stereocenters. The maximum Gasteiger partial charge on any atom is 0.270 e. The highest BCUT2D eigenvalue weighted by molar-refractivity contribution is 5.90. The van der Waals surface area contributed by atoms with E-state index >= 15 is 0 Å². The van der Waals surface area contributed by atoms with Crippen LogP contribution in [0.1, 0.15) is 51.5 Å². The third kappa shape index (κ3) is 6.60. The van der Waals surface area contributed by atoms with Gasteiger partial charge in [-0.15, -0.1) is 0 Å². The Balaban J connectivity index is 1.38. The van der Waals surface area contributed by atoms with E-state index in [1.807, 2.05) is 6.08 Å². The monoisotopic (exact) mass is 486 g/mol. The van der Waals surface area contributed by atoms with Gasteiger partial charge < -0.3 is 14.6 Å². The minimum atomic E-state index is -2.79. The summed E-state index contributed by atoms with van der Waals surface area (Å²) in [4.78, 5) is 0. The number of ether oxygens (including phenoxy) is 1. The van der Waals surface area contributed by atoms with Gasteiger partial charge in [-0.3, -0.25) is 0 Å². The second kappa shape index (κ2) is 11.5. The first-order chi connectivity index (χ1) is 16.8. The van der Waals surface area contributed by atoms with Crippen molar-refractivity contribution >= 4 is 10.9 Å². The van der Waals surface area contributed by atoms with Crippen LogP contribution in [0.3, 0.4) is 0 Å². The highest BCUT2D eigenvalue weighted by Crippen LogP contribution is 2.34. The predicted molar refractivity (Wildman–Crippen MR) is 137 cm³/mol. The van der Waals surface area contributed by atoms with Crippen molar-refractivity contribution in [3.63, 3.8) is 0 Å². The molecule has 6 heteroatoms. The van der Waals surface area contributed by atoms with Crippen molar-refractivity contribution in [2.45, 2.75) is 64.8 Å². The van der Waals surface area contributed by atoms with Crippen molar-refractivity contribution in [3.05, 3.63) is 65.7 Å². The van der Waals surface area contributed by atoms with Gasteiger partial charge in [0.25, 0.3) is 5.92 Å². The van der Waals surface area contributed by atoms with Crippen molar-refractivity contribution in [2.24, 2.45) is 11.8 Å². The molecule has 4 rings (SSSR count). The number of halogens is 3. The summed E-state index contributed by atoms with van der Waals surface area (Å²) >= 11 is 0. The Morgan fingerprint density at radius 1 is 1.14 bits per heavy atom. The van der Waals surface area contributed by atoms with E-state index in [4.69, 9.17) is 4.74 Å². The number of hydrogen-bond donors (Lipinski definition) is 1. The molecule has 2 aromatic rings. The Morgan fingerprint density at radius 3 is 2.74 bits per heavy atom. The number of alkyl halides is 2. The van der Waals surface area contributed by atoms with Gasteiger partial charge in [-0.25, -0.2) is 13.2 Å². The number of nitrogens with one attached hydrogen (secondary N) is 1. The molecule has 1 aromatic heterocycles. The average Bonchev–Trinajstić information content (AvgIpc) is 3.20. The Bertz CT molecular complexity index is 1090. The van der Waals surface area contributed by atoms with Gasteiger partial charge in [0.15, 0.2) is 0 Å². The zero-order chi connectivity index (χ0) is 24.8. The van der Waals surface area contributed by atoms with E-state index < -0.39 is 5.92 Å². The summed E-state index contributed by atoms with van der Waals surface area (Å²) in [6.45, 7) is 5.88. The third-order valence-electron chi connectivity index (χ3n) is 7.10. The SMILES string of the molecule is CCn1cc(CCNCCC2C=C(C(C)(F)F)C=CC2)c2c(OCC3CC=CCC3)cc(F)cc21. The molecule has 0 radical (unpaired) electrons. The number of nitrogens with zero attached hydrogens (tertiary/aromatic N) is 1. The van der Waals surface area contributed by atoms with Crippen molar-refractivity contribution < 1.29 is 17.9 Å². The lowest BCUT2D eigenvalue weighted by atomic mass is 9.91. The van der Waals surface area contributed by atoms with Gasteiger partial charge in [0, 0.05) is 36.7 Å². The van der Waals surface area contributed by atoms with E-state index in [9.17, 15) is 13.2 Å². The van der Waals surface area contributed by atoms with Crippen LogP contribution >= 0.6 is 0 Å². The molecule has 0 amide bonds. The zero-order valence-electron chi connectivity index (χ0n) is 20.8. The standard InChI is InChI=1S/C29H37F3N2O/c1-3-34-19-23(13-15-33-14-12-21-10-7-11-24(16-21)29(2,31)32)28-26(34)17-25(30)18-27(28)35-20-22-8-5-4-6-9-22/h4-5,7,11,16-19,21-22,33H,3,6,8-10,12-15,20H2,1-2H3. The molecule has 35 heavy (non-hydrogen) atoms. The smallest absolute Gasteiger partial charge is 0.270 e. The van der Waals surface area contributed by atoms with E-state index in [1.165, 1.54) is 6.07 Å². The number of allylic oxidation sites excluding steroid dienone is 6. The van der Waals surface area contributed by atoms with E-state index in [0.29, 0.717) is 18.3 Å². The number of aryl methyl sites for hydroxylation is 1. The third-order valence-corrected chi connectivity index (χ3v) is 7.10. The van der Waals surface area contributed by atoms with E-state index in [2.05, 4.69) is 35.2 Å². The second-order valence-electron chi connectivity index (χ2n) is 9.90. The molecule has 1 aromatic carbocycles. The number of hydrogen-bond acceptors (Lipinski definition) is 2. The molecule has 2 aliphatic carbocycles. The molecular weight excluding hydrogens is 449 g/mol. The molecule has 1 heterocycles. The maximum absolute atomic E-state index is 14.4. The summed E-state index contributed by atoms with van der Waals surface area (Å²) in [7, 11) is 0. The molecule has 0 bridgehead atoms. The summed E-state index contributed by atoms with van der Waals surface area (Å²) in [5, 5.41) is 4.47.